The second-order valence-corrected chi connectivity index (χ2v) is 6.02. The van der Waals surface area contributed by atoms with E-state index in [2.05, 4.69) is 5.32 Å². The third-order valence-electron chi connectivity index (χ3n) is 3.57. The number of nitrogens with one attached hydrogen (secondary N) is 1. The predicted octanol–water partition coefficient (Wildman–Crippen LogP) is 4.86. The Morgan fingerprint density at radius 2 is 1.88 bits per heavy atom. The van der Waals surface area contributed by atoms with Crippen LogP contribution in [-0.4, -0.2) is 11.0 Å². The number of phenolic OH excluding ortho intramolecular Hbond substituents is 1. The zero-order valence-corrected chi connectivity index (χ0v) is 14.5. The molecule has 0 aliphatic heterocycles. The summed E-state index contributed by atoms with van der Waals surface area (Å²) in [7, 11) is 0. The minimum Gasteiger partial charge on any atom is -0.505 e. The van der Waals surface area contributed by atoms with Crippen molar-refractivity contribution in [1.82, 2.24) is 0 Å². The van der Waals surface area contributed by atoms with E-state index in [1.807, 2.05) is 32.0 Å². The summed E-state index contributed by atoms with van der Waals surface area (Å²) in [6, 6.07) is 10.2. The lowest BCUT2D eigenvalue weighted by Crippen LogP contribution is -2.14. The van der Waals surface area contributed by atoms with Gasteiger partial charge in [-0.2, -0.15) is 5.26 Å². The fourth-order valence-corrected chi connectivity index (χ4v) is 2.56. The first-order chi connectivity index (χ1) is 11.3. The normalized spacial score (nSPS) is 11.0. The molecule has 122 valence electrons. The van der Waals surface area contributed by atoms with E-state index in [-0.39, 0.29) is 21.4 Å². The van der Waals surface area contributed by atoms with Crippen molar-refractivity contribution in [2.75, 3.05) is 5.32 Å². The molecule has 2 aromatic carbocycles. The van der Waals surface area contributed by atoms with Crippen LogP contribution in [-0.2, 0) is 4.79 Å². The van der Waals surface area contributed by atoms with Crippen LogP contribution in [0, 0.1) is 25.2 Å². The molecule has 6 heteroatoms. The molecule has 0 spiro atoms. The van der Waals surface area contributed by atoms with Crippen LogP contribution >= 0.6 is 23.2 Å². The zero-order chi connectivity index (χ0) is 17.9. The van der Waals surface area contributed by atoms with Gasteiger partial charge in [0.25, 0.3) is 5.91 Å². The van der Waals surface area contributed by atoms with Crippen molar-refractivity contribution < 1.29 is 9.90 Å². The highest BCUT2D eigenvalue weighted by molar-refractivity contribution is 6.37. The Balaban J connectivity index is 2.33. The average molecular weight is 361 g/mol. The maximum Gasteiger partial charge on any atom is 0.266 e. The first-order valence-electron chi connectivity index (χ1n) is 7.01. The Morgan fingerprint density at radius 1 is 1.25 bits per heavy atom. The number of nitrogens with zero attached hydrogens (tertiary/aromatic N) is 1. The van der Waals surface area contributed by atoms with Gasteiger partial charge in [-0.15, -0.1) is 0 Å². The molecule has 0 saturated carbocycles. The summed E-state index contributed by atoms with van der Waals surface area (Å²) in [5.41, 5.74) is 2.94. The van der Waals surface area contributed by atoms with Gasteiger partial charge in [0, 0.05) is 5.69 Å². The molecule has 0 aromatic heterocycles. The SMILES string of the molecule is Cc1cccc(NC(=O)/C(C#N)=C/c2cc(Cl)c(O)c(Cl)c2)c1C. The molecule has 1 amide bonds. The molecule has 0 saturated heterocycles. The fraction of sp³-hybridized carbons (Fsp3) is 0.111. The van der Waals surface area contributed by atoms with Gasteiger partial charge in [0.2, 0.25) is 0 Å². The molecule has 2 rings (SSSR count). The molecule has 0 fully saturated rings. The predicted molar refractivity (Wildman–Crippen MR) is 96.3 cm³/mol. The maximum atomic E-state index is 12.3. The number of aryl methyl sites for hydroxylation is 1. The number of amides is 1. The van der Waals surface area contributed by atoms with E-state index in [0.717, 1.165) is 11.1 Å². The van der Waals surface area contributed by atoms with Crippen molar-refractivity contribution in [3.05, 3.63) is 62.6 Å². The Kier molecular flexibility index (Phi) is 5.50. The molecule has 0 aliphatic carbocycles. The highest BCUT2D eigenvalue weighted by Crippen LogP contribution is 2.33. The highest BCUT2D eigenvalue weighted by atomic mass is 35.5. The van der Waals surface area contributed by atoms with Gasteiger partial charge in [0.15, 0.2) is 5.75 Å². The minimum absolute atomic E-state index is 0.0426. The molecule has 0 aliphatic rings. The second kappa shape index (κ2) is 7.39. The number of aromatic hydroxyl groups is 1. The molecule has 2 N–H and O–H groups in total. The summed E-state index contributed by atoms with van der Waals surface area (Å²) in [6.45, 7) is 3.83. The third kappa shape index (κ3) is 3.88. The second-order valence-electron chi connectivity index (χ2n) is 5.20. The number of phenols is 1. The molecule has 4 nitrogen and oxygen atoms in total. The van der Waals surface area contributed by atoms with E-state index in [4.69, 9.17) is 23.2 Å². The van der Waals surface area contributed by atoms with Crippen molar-refractivity contribution >= 4 is 40.9 Å². The van der Waals surface area contributed by atoms with Crippen molar-refractivity contribution in [1.29, 1.82) is 5.26 Å². The molecular formula is C18H14Cl2N2O2. The number of nitriles is 1. The number of hydrogen-bond donors (Lipinski definition) is 2. The van der Waals surface area contributed by atoms with Gasteiger partial charge >= 0.3 is 0 Å². The summed E-state index contributed by atoms with van der Waals surface area (Å²) in [5.74, 6) is -0.777. The molecule has 0 bridgehead atoms. The third-order valence-corrected chi connectivity index (χ3v) is 4.14. The molecule has 0 unspecified atom stereocenters. The number of benzene rings is 2. The van der Waals surface area contributed by atoms with Crippen LogP contribution in [0.15, 0.2) is 35.9 Å². The first-order valence-corrected chi connectivity index (χ1v) is 7.76. The van der Waals surface area contributed by atoms with Crippen LogP contribution in [0.5, 0.6) is 5.75 Å². The van der Waals surface area contributed by atoms with E-state index < -0.39 is 5.91 Å². The Bertz CT molecular complexity index is 860. The van der Waals surface area contributed by atoms with Gasteiger partial charge in [-0.1, -0.05) is 35.3 Å². The van der Waals surface area contributed by atoms with E-state index in [0.29, 0.717) is 11.3 Å². The van der Waals surface area contributed by atoms with Gasteiger partial charge in [0.1, 0.15) is 11.6 Å². The van der Waals surface area contributed by atoms with Crippen LogP contribution in [0.1, 0.15) is 16.7 Å². The van der Waals surface area contributed by atoms with Gasteiger partial charge < -0.3 is 10.4 Å². The standard InChI is InChI=1S/C18H14Cl2N2O2/c1-10-4-3-5-16(11(10)2)22-18(24)13(9-21)6-12-7-14(19)17(23)15(20)8-12/h3-8,23H,1-2H3,(H,22,24)/b13-6+. The van der Waals surface area contributed by atoms with Crippen LogP contribution in [0.2, 0.25) is 10.0 Å². The first kappa shape index (κ1) is 17.9. The van der Waals surface area contributed by atoms with Crippen LogP contribution in [0.25, 0.3) is 6.08 Å². The lowest BCUT2D eigenvalue weighted by Gasteiger charge is -2.10. The van der Waals surface area contributed by atoms with Crippen molar-refractivity contribution in [2.45, 2.75) is 13.8 Å². The Hall–Kier alpha value is -2.48. The van der Waals surface area contributed by atoms with E-state index in [9.17, 15) is 15.2 Å². The number of rotatable bonds is 3. The molecular weight excluding hydrogens is 347 g/mol. The molecule has 2 aromatic rings. The van der Waals surface area contributed by atoms with Crippen LogP contribution in [0.3, 0.4) is 0 Å². The van der Waals surface area contributed by atoms with Gasteiger partial charge in [-0.25, -0.2) is 0 Å². The lowest BCUT2D eigenvalue weighted by molar-refractivity contribution is -0.112. The van der Waals surface area contributed by atoms with Crippen molar-refractivity contribution in [2.24, 2.45) is 0 Å². The summed E-state index contributed by atoms with van der Waals surface area (Å²) in [4.78, 5) is 12.3. The maximum absolute atomic E-state index is 12.3. The average Bonchev–Trinajstić information content (AvgIpc) is 2.54. The number of carbonyl (C=O) groups is 1. The monoisotopic (exact) mass is 360 g/mol. The number of halogens is 2. The summed E-state index contributed by atoms with van der Waals surface area (Å²) in [5, 5.41) is 21.6. The van der Waals surface area contributed by atoms with Crippen molar-refractivity contribution in [3.8, 4) is 11.8 Å². The Labute approximate surface area is 149 Å². The van der Waals surface area contributed by atoms with Gasteiger partial charge in [0.05, 0.1) is 10.0 Å². The van der Waals surface area contributed by atoms with E-state index in [1.165, 1.54) is 18.2 Å². The summed E-state index contributed by atoms with van der Waals surface area (Å²) >= 11 is 11.7. The van der Waals surface area contributed by atoms with E-state index in [1.54, 1.807) is 6.07 Å². The number of anilines is 1. The zero-order valence-electron chi connectivity index (χ0n) is 13.0. The lowest BCUT2D eigenvalue weighted by atomic mass is 10.1. The number of carbonyl (C=O) groups excluding carboxylic acids is 1. The molecule has 0 heterocycles. The topological polar surface area (TPSA) is 73.1 Å². The quantitative estimate of drug-likeness (QED) is 0.606. The smallest absolute Gasteiger partial charge is 0.266 e. The minimum atomic E-state index is -0.536. The summed E-state index contributed by atoms with van der Waals surface area (Å²) < 4.78 is 0. The Morgan fingerprint density at radius 3 is 2.46 bits per heavy atom. The highest BCUT2D eigenvalue weighted by Gasteiger charge is 2.13. The van der Waals surface area contributed by atoms with Crippen molar-refractivity contribution in [3.63, 3.8) is 0 Å². The molecule has 0 atom stereocenters. The summed E-state index contributed by atoms with van der Waals surface area (Å²) in [6.07, 6.45) is 1.36. The van der Waals surface area contributed by atoms with Gasteiger partial charge in [-0.05, 0) is 54.8 Å². The van der Waals surface area contributed by atoms with Crippen LogP contribution in [0.4, 0.5) is 5.69 Å². The number of hydrogen-bond acceptors (Lipinski definition) is 3. The van der Waals surface area contributed by atoms with Crippen LogP contribution < -0.4 is 5.32 Å². The largest absolute Gasteiger partial charge is 0.505 e. The molecule has 24 heavy (non-hydrogen) atoms. The molecule has 0 radical (unpaired) electrons. The van der Waals surface area contributed by atoms with Gasteiger partial charge in [-0.3, -0.25) is 4.79 Å². The van der Waals surface area contributed by atoms with E-state index >= 15 is 0 Å². The fourth-order valence-electron chi connectivity index (χ4n) is 2.06.